The van der Waals surface area contributed by atoms with E-state index in [9.17, 15) is 19.8 Å². The number of carboxylic acid groups (broad SMARTS) is 1. The summed E-state index contributed by atoms with van der Waals surface area (Å²) in [4.78, 5) is 23.6. The average molecular weight is 294 g/mol. The van der Waals surface area contributed by atoms with Crippen molar-refractivity contribution in [3.05, 3.63) is 29.3 Å². The van der Waals surface area contributed by atoms with Gasteiger partial charge >= 0.3 is 11.9 Å². The molecule has 0 saturated heterocycles. The Labute approximate surface area is 124 Å². The van der Waals surface area contributed by atoms with E-state index in [0.29, 0.717) is 11.1 Å². The largest absolute Gasteiger partial charge is 0.508 e. The van der Waals surface area contributed by atoms with Crippen LogP contribution in [0.25, 0.3) is 0 Å². The van der Waals surface area contributed by atoms with Crippen molar-refractivity contribution in [3.8, 4) is 5.75 Å². The molecule has 0 radical (unpaired) electrons. The van der Waals surface area contributed by atoms with Crippen LogP contribution in [-0.2, 0) is 20.7 Å². The first-order valence-electron chi connectivity index (χ1n) is 7.27. The van der Waals surface area contributed by atoms with Crippen molar-refractivity contribution in [1.82, 2.24) is 5.32 Å². The fourth-order valence-electron chi connectivity index (χ4n) is 2.29. The van der Waals surface area contributed by atoms with Crippen LogP contribution in [0.5, 0.6) is 5.75 Å². The van der Waals surface area contributed by atoms with Crippen LogP contribution in [0.15, 0.2) is 18.2 Å². The van der Waals surface area contributed by atoms with Crippen molar-refractivity contribution in [3.63, 3.8) is 0 Å². The quantitative estimate of drug-likeness (QED) is 0.713. The van der Waals surface area contributed by atoms with Gasteiger partial charge in [-0.05, 0) is 50.4 Å². The monoisotopic (exact) mass is 294 g/mol. The minimum Gasteiger partial charge on any atom is -0.508 e. The molecule has 1 heterocycles. The number of carboxylic acids is 1. The third-order valence-corrected chi connectivity index (χ3v) is 3.14. The van der Waals surface area contributed by atoms with Crippen molar-refractivity contribution < 1.29 is 25.9 Å². The average Bonchev–Trinajstić information content (AvgIpc) is 2.45. The zero-order valence-electron chi connectivity index (χ0n) is 12.9. The standard InChI is InChI=1S/C15H19NO5/c1-15(2,3)21-14(20)12-10-7-9(17)5-4-8(10)6-11(16-12)13(18)19/h4-5,7,11-12,16-17H,6H2,1-3H3,(H,18,19)/i1D. The zero-order valence-corrected chi connectivity index (χ0v) is 11.9. The predicted octanol–water partition coefficient (Wildman–Crippen LogP) is 1.37. The Balaban J connectivity index is 2.35. The molecule has 1 aromatic carbocycles. The number of ether oxygens (including phenoxy) is 1. The molecular formula is C15H19NO5. The first kappa shape index (κ1) is 13.9. The van der Waals surface area contributed by atoms with Crippen molar-refractivity contribution in [1.29, 1.82) is 0 Å². The fraction of sp³-hybridized carbons (Fsp3) is 0.467. The van der Waals surface area contributed by atoms with Gasteiger partial charge in [0.05, 0.1) is 0 Å². The highest BCUT2D eigenvalue weighted by molar-refractivity contribution is 5.82. The number of aliphatic carboxylic acids is 1. The topological polar surface area (TPSA) is 95.9 Å². The minimum absolute atomic E-state index is 0.00752. The summed E-state index contributed by atoms with van der Waals surface area (Å²) in [5.74, 6) is -1.72. The Morgan fingerprint density at radius 3 is 2.81 bits per heavy atom. The molecular weight excluding hydrogens is 274 g/mol. The van der Waals surface area contributed by atoms with E-state index in [1.807, 2.05) is 0 Å². The van der Waals surface area contributed by atoms with Crippen LogP contribution in [0.1, 0.15) is 39.3 Å². The number of fused-ring (bicyclic) bond motifs is 1. The molecule has 0 aromatic heterocycles. The van der Waals surface area contributed by atoms with E-state index in [1.54, 1.807) is 19.9 Å². The Bertz CT molecular complexity index is 602. The second-order valence-corrected chi connectivity index (χ2v) is 5.76. The lowest BCUT2D eigenvalue weighted by atomic mass is 9.90. The van der Waals surface area contributed by atoms with Crippen molar-refractivity contribution in [2.75, 3.05) is 0 Å². The molecule has 0 bridgehead atoms. The van der Waals surface area contributed by atoms with Gasteiger partial charge in [-0.25, -0.2) is 4.79 Å². The fourth-order valence-corrected chi connectivity index (χ4v) is 2.29. The number of esters is 1. The molecule has 0 fully saturated rings. The van der Waals surface area contributed by atoms with E-state index in [1.165, 1.54) is 12.1 Å². The summed E-state index contributed by atoms with van der Waals surface area (Å²) in [7, 11) is 0. The van der Waals surface area contributed by atoms with E-state index < -0.39 is 29.6 Å². The summed E-state index contributed by atoms with van der Waals surface area (Å²) < 4.78 is 12.7. The minimum atomic E-state index is -1.06. The number of hydrogen-bond acceptors (Lipinski definition) is 5. The molecule has 1 aliphatic heterocycles. The number of carbonyl (C=O) groups is 2. The third-order valence-electron chi connectivity index (χ3n) is 3.14. The number of phenols is 1. The maximum Gasteiger partial charge on any atom is 0.328 e. The number of hydrogen-bond donors (Lipinski definition) is 3. The van der Waals surface area contributed by atoms with E-state index in [4.69, 9.17) is 6.11 Å². The molecule has 0 amide bonds. The highest BCUT2D eigenvalue weighted by Crippen LogP contribution is 2.30. The molecule has 2 rings (SSSR count). The molecule has 21 heavy (non-hydrogen) atoms. The van der Waals surface area contributed by atoms with E-state index in [0.717, 1.165) is 0 Å². The van der Waals surface area contributed by atoms with Gasteiger partial charge in [0.2, 0.25) is 0 Å². The lowest BCUT2D eigenvalue weighted by molar-refractivity contribution is -0.158. The molecule has 114 valence electrons. The third kappa shape index (κ3) is 3.52. The Kier molecular flexibility index (Phi) is 3.55. The number of benzene rings is 1. The summed E-state index contributed by atoms with van der Waals surface area (Å²) >= 11 is 0. The van der Waals surface area contributed by atoms with Gasteiger partial charge in [0.1, 0.15) is 23.4 Å². The second kappa shape index (κ2) is 5.37. The van der Waals surface area contributed by atoms with Crippen LogP contribution >= 0.6 is 0 Å². The van der Waals surface area contributed by atoms with Gasteiger partial charge in [0.25, 0.3) is 0 Å². The van der Waals surface area contributed by atoms with Crippen LogP contribution < -0.4 is 5.32 Å². The van der Waals surface area contributed by atoms with Crippen LogP contribution in [-0.4, -0.2) is 33.8 Å². The summed E-state index contributed by atoms with van der Waals surface area (Å²) in [6.45, 7) is 3.11. The molecule has 6 nitrogen and oxygen atoms in total. The van der Waals surface area contributed by atoms with Crippen LogP contribution in [0, 0.1) is 0 Å². The first-order valence-corrected chi connectivity index (χ1v) is 6.56. The summed E-state index contributed by atoms with van der Waals surface area (Å²) in [5.41, 5.74) is 0.212. The summed E-state index contributed by atoms with van der Waals surface area (Å²) in [6, 6.07) is 2.60. The van der Waals surface area contributed by atoms with E-state index in [-0.39, 0.29) is 19.1 Å². The van der Waals surface area contributed by atoms with E-state index in [2.05, 4.69) is 5.32 Å². The Hall–Kier alpha value is -2.08. The Morgan fingerprint density at radius 1 is 1.48 bits per heavy atom. The number of aromatic hydroxyl groups is 1. The molecule has 6 heteroatoms. The maximum absolute atomic E-state index is 12.4. The van der Waals surface area contributed by atoms with Gasteiger partial charge in [-0.15, -0.1) is 0 Å². The van der Waals surface area contributed by atoms with Gasteiger partial charge in [-0.2, -0.15) is 0 Å². The molecule has 1 aromatic rings. The van der Waals surface area contributed by atoms with Crippen LogP contribution in [0.2, 0.25) is 0 Å². The normalized spacial score (nSPS) is 22.1. The molecule has 0 saturated carbocycles. The highest BCUT2D eigenvalue weighted by Gasteiger charge is 2.36. The number of nitrogens with one attached hydrogen (secondary N) is 1. The molecule has 2 unspecified atom stereocenters. The number of rotatable bonds is 2. The molecule has 1 aliphatic rings. The van der Waals surface area contributed by atoms with Crippen LogP contribution in [0.3, 0.4) is 0 Å². The smallest absolute Gasteiger partial charge is 0.328 e. The van der Waals surface area contributed by atoms with Gasteiger partial charge in [-0.3, -0.25) is 10.1 Å². The van der Waals surface area contributed by atoms with Gasteiger partial charge < -0.3 is 14.9 Å². The first-order chi connectivity index (χ1) is 10.2. The second-order valence-electron chi connectivity index (χ2n) is 5.76. The number of carbonyl (C=O) groups excluding carboxylic acids is 1. The zero-order chi connectivity index (χ0) is 16.5. The van der Waals surface area contributed by atoms with Gasteiger partial charge in [0.15, 0.2) is 0 Å². The maximum atomic E-state index is 12.4. The number of phenolic OH excluding ortho intramolecular Hbond substituents is 1. The summed E-state index contributed by atoms with van der Waals surface area (Å²) in [6.07, 6.45) is 0.219. The molecule has 2 atom stereocenters. The SMILES string of the molecule is [2H]CC(C)(C)OC(=O)C1NC(C(=O)O)Cc2ccc(O)cc21. The molecule has 0 spiro atoms. The lowest BCUT2D eigenvalue weighted by Crippen LogP contribution is -2.48. The van der Waals surface area contributed by atoms with Crippen LogP contribution in [0.4, 0.5) is 0 Å². The van der Waals surface area contributed by atoms with E-state index >= 15 is 0 Å². The summed E-state index contributed by atoms with van der Waals surface area (Å²) in [5, 5.41) is 21.6. The molecule has 0 aliphatic carbocycles. The lowest BCUT2D eigenvalue weighted by Gasteiger charge is -2.32. The van der Waals surface area contributed by atoms with Crippen molar-refractivity contribution in [2.24, 2.45) is 0 Å². The highest BCUT2D eigenvalue weighted by atomic mass is 16.6. The predicted molar refractivity (Wildman–Crippen MR) is 75.0 cm³/mol. The Morgan fingerprint density at radius 2 is 2.19 bits per heavy atom. The van der Waals surface area contributed by atoms with Crippen molar-refractivity contribution >= 4 is 11.9 Å². The molecule has 3 N–H and O–H groups in total. The van der Waals surface area contributed by atoms with Gasteiger partial charge in [0, 0.05) is 1.37 Å². The van der Waals surface area contributed by atoms with Gasteiger partial charge in [-0.1, -0.05) is 6.07 Å². The van der Waals surface area contributed by atoms with Crippen molar-refractivity contribution in [2.45, 2.75) is 44.9 Å².